The molecule has 1 aliphatic rings. The van der Waals surface area contributed by atoms with Gasteiger partial charge in [0.1, 0.15) is 5.75 Å². The first kappa shape index (κ1) is 10.9. The van der Waals surface area contributed by atoms with Crippen LogP contribution in [0.1, 0.15) is 15.9 Å². The maximum Gasteiger partial charge on any atom is 0.488 e. The van der Waals surface area contributed by atoms with Crippen LogP contribution in [0.4, 0.5) is 3.89 Å². The normalized spacial score (nSPS) is 15.1. The zero-order chi connectivity index (χ0) is 11.9. The lowest BCUT2D eigenvalue weighted by molar-refractivity contribution is 0.0816. The molecule has 0 aliphatic carbocycles. The van der Waals surface area contributed by atoms with Gasteiger partial charge in [-0.25, -0.2) is 0 Å². The van der Waals surface area contributed by atoms with Crippen molar-refractivity contribution in [3.05, 3.63) is 29.3 Å². The van der Waals surface area contributed by atoms with E-state index in [1.165, 1.54) is 23.1 Å². The van der Waals surface area contributed by atoms with Crippen molar-refractivity contribution in [2.75, 3.05) is 7.05 Å². The fourth-order valence-electron chi connectivity index (χ4n) is 1.59. The third-order valence-electron chi connectivity index (χ3n) is 2.26. The number of hydrogen-bond acceptors (Lipinski definition) is 4. The van der Waals surface area contributed by atoms with Gasteiger partial charge in [-0.3, -0.25) is 4.79 Å². The summed E-state index contributed by atoms with van der Waals surface area (Å²) in [6.45, 7) is 0.455. The van der Waals surface area contributed by atoms with E-state index in [1.807, 2.05) is 0 Å². The van der Waals surface area contributed by atoms with Gasteiger partial charge in [0, 0.05) is 19.2 Å². The van der Waals surface area contributed by atoms with E-state index in [0.717, 1.165) is 5.56 Å². The monoisotopic (exact) mass is 245 g/mol. The first-order chi connectivity index (χ1) is 7.37. The summed E-state index contributed by atoms with van der Waals surface area (Å²) in [6.07, 6.45) is 0. The molecule has 1 aromatic carbocycles. The summed E-state index contributed by atoms with van der Waals surface area (Å²) in [7, 11) is -3.43. The van der Waals surface area contributed by atoms with E-state index >= 15 is 0 Å². The smallest absolute Gasteiger partial charge is 0.358 e. The molecule has 0 spiro atoms. The third kappa shape index (κ3) is 1.99. The van der Waals surface area contributed by atoms with Gasteiger partial charge in [-0.05, 0) is 17.7 Å². The number of amides is 1. The fraction of sp³-hybridized carbons (Fsp3) is 0.222. The Morgan fingerprint density at radius 3 is 2.75 bits per heavy atom. The van der Waals surface area contributed by atoms with Crippen molar-refractivity contribution in [2.24, 2.45) is 0 Å². The number of hydrogen-bond donors (Lipinski definition) is 0. The maximum absolute atomic E-state index is 12.3. The summed E-state index contributed by atoms with van der Waals surface area (Å²) in [5.41, 5.74) is 1.10. The Bertz CT molecular complexity index is 555. The van der Waals surface area contributed by atoms with Crippen LogP contribution in [0.25, 0.3) is 0 Å². The van der Waals surface area contributed by atoms with E-state index in [4.69, 9.17) is 0 Å². The molecule has 0 saturated carbocycles. The van der Waals surface area contributed by atoms with Gasteiger partial charge in [0.2, 0.25) is 0 Å². The summed E-state index contributed by atoms with van der Waals surface area (Å²) in [5.74, 6) is -0.443. The fourth-order valence-corrected chi connectivity index (χ4v) is 1.93. The summed E-state index contributed by atoms with van der Waals surface area (Å²) >= 11 is 0. The van der Waals surface area contributed by atoms with Gasteiger partial charge in [-0.1, -0.05) is 9.95 Å². The Morgan fingerprint density at radius 1 is 1.44 bits per heavy atom. The highest BCUT2D eigenvalue weighted by Crippen LogP contribution is 2.26. The van der Waals surface area contributed by atoms with Gasteiger partial charge >= 0.3 is 10.5 Å². The van der Waals surface area contributed by atoms with Crippen molar-refractivity contribution in [2.45, 2.75) is 6.54 Å². The standard InChI is InChI=1S/C9H8FNO4S/c1-11-5-6-2-3-7(15-16(10,13)14)4-8(6)9(11)12/h2-4H,5H2,1H3. The Morgan fingerprint density at radius 2 is 2.12 bits per heavy atom. The van der Waals surface area contributed by atoms with E-state index in [0.29, 0.717) is 12.1 Å². The lowest BCUT2D eigenvalue weighted by Gasteiger charge is -2.04. The second-order valence-corrected chi connectivity index (χ2v) is 4.41. The summed E-state index contributed by atoms with van der Waals surface area (Å²) in [6, 6.07) is 4.07. The van der Waals surface area contributed by atoms with Crippen molar-refractivity contribution >= 4 is 16.4 Å². The van der Waals surface area contributed by atoms with Crippen LogP contribution in [0.3, 0.4) is 0 Å². The lowest BCUT2D eigenvalue weighted by atomic mass is 10.1. The Labute approximate surface area is 91.9 Å². The average Bonchev–Trinajstić information content (AvgIpc) is 2.42. The first-order valence-corrected chi connectivity index (χ1v) is 5.70. The Balaban J connectivity index is 2.38. The van der Waals surface area contributed by atoms with Crippen molar-refractivity contribution < 1.29 is 21.3 Å². The predicted molar refractivity (Wildman–Crippen MR) is 52.9 cm³/mol. The number of fused-ring (bicyclic) bond motifs is 1. The molecule has 7 heteroatoms. The minimum atomic E-state index is -5.05. The number of nitrogens with zero attached hydrogens (tertiary/aromatic N) is 1. The Kier molecular flexibility index (Phi) is 2.34. The number of carbonyl (C=O) groups is 1. The van der Waals surface area contributed by atoms with Gasteiger partial charge < -0.3 is 9.08 Å². The van der Waals surface area contributed by atoms with Crippen molar-refractivity contribution in [1.82, 2.24) is 4.90 Å². The highest BCUT2D eigenvalue weighted by Gasteiger charge is 2.25. The topological polar surface area (TPSA) is 63.7 Å². The number of carbonyl (C=O) groups excluding carboxylic acids is 1. The molecule has 5 nitrogen and oxygen atoms in total. The van der Waals surface area contributed by atoms with Gasteiger partial charge in [-0.15, -0.1) is 0 Å². The van der Waals surface area contributed by atoms with Gasteiger partial charge in [0.15, 0.2) is 0 Å². The lowest BCUT2D eigenvalue weighted by Crippen LogP contribution is -2.17. The average molecular weight is 245 g/mol. The molecule has 1 heterocycles. The van der Waals surface area contributed by atoms with E-state index in [9.17, 15) is 17.1 Å². The molecule has 16 heavy (non-hydrogen) atoms. The van der Waals surface area contributed by atoms with E-state index in [-0.39, 0.29) is 11.7 Å². The molecule has 1 amide bonds. The molecular formula is C9H8FNO4S. The zero-order valence-electron chi connectivity index (χ0n) is 8.31. The van der Waals surface area contributed by atoms with Crippen LogP contribution in [0.5, 0.6) is 5.75 Å². The van der Waals surface area contributed by atoms with Crippen LogP contribution in [-0.4, -0.2) is 26.3 Å². The quantitative estimate of drug-likeness (QED) is 0.725. The molecule has 1 aromatic rings. The Hall–Kier alpha value is -1.63. The summed E-state index contributed by atoms with van der Waals surface area (Å²) in [4.78, 5) is 13.0. The molecule has 0 fully saturated rings. The summed E-state index contributed by atoms with van der Waals surface area (Å²) in [5, 5.41) is 0. The molecule has 0 N–H and O–H groups in total. The van der Waals surface area contributed by atoms with Crippen LogP contribution >= 0.6 is 0 Å². The molecular weight excluding hydrogens is 237 g/mol. The summed E-state index contributed by atoms with van der Waals surface area (Å²) < 4.78 is 36.8. The molecule has 0 aromatic heterocycles. The minimum Gasteiger partial charge on any atom is -0.358 e. The molecule has 2 rings (SSSR count). The molecule has 0 bridgehead atoms. The van der Waals surface area contributed by atoms with E-state index < -0.39 is 10.5 Å². The molecule has 1 aliphatic heterocycles. The number of benzene rings is 1. The van der Waals surface area contributed by atoms with Crippen molar-refractivity contribution in [3.8, 4) is 5.75 Å². The molecule has 0 unspecified atom stereocenters. The second-order valence-electron chi connectivity index (χ2n) is 3.46. The van der Waals surface area contributed by atoms with Crippen LogP contribution in [0.15, 0.2) is 18.2 Å². The molecule has 0 saturated heterocycles. The van der Waals surface area contributed by atoms with E-state index in [1.54, 1.807) is 7.05 Å². The predicted octanol–water partition coefficient (Wildman–Crippen LogP) is 0.865. The molecule has 0 radical (unpaired) electrons. The minimum absolute atomic E-state index is 0.204. The van der Waals surface area contributed by atoms with Crippen molar-refractivity contribution in [1.29, 1.82) is 0 Å². The zero-order valence-corrected chi connectivity index (χ0v) is 9.12. The van der Waals surface area contributed by atoms with Crippen LogP contribution in [0.2, 0.25) is 0 Å². The van der Waals surface area contributed by atoms with Crippen molar-refractivity contribution in [3.63, 3.8) is 0 Å². The highest BCUT2D eigenvalue weighted by atomic mass is 32.3. The van der Waals surface area contributed by atoms with Crippen LogP contribution in [0, 0.1) is 0 Å². The second kappa shape index (κ2) is 3.44. The van der Waals surface area contributed by atoms with Gasteiger partial charge in [0.25, 0.3) is 5.91 Å². The third-order valence-corrected chi connectivity index (χ3v) is 2.65. The number of rotatable bonds is 2. The van der Waals surface area contributed by atoms with Gasteiger partial charge in [-0.2, -0.15) is 8.42 Å². The highest BCUT2D eigenvalue weighted by molar-refractivity contribution is 7.81. The first-order valence-electron chi connectivity index (χ1n) is 4.39. The number of halogens is 1. The largest absolute Gasteiger partial charge is 0.488 e. The van der Waals surface area contributed by atoms with Gasteiger partial charge in [0.05, 0.1) is 0 Å². The van der Waals surface area contributed by atoms with E-state index in [2.05, 4.69) is 4.18 Å². The van der Waals surface area contributed by atoms with Crippen LogP contribution in [-0.2, 0) is 17.0 Å². The SMILES string of the molecule is CN1Cc2ccc(OS(=O)(=O)F)cc2C1=O. The van der Waals surface area contributed by atoms with Crippen LogP contribution < -0.4 is 4.18 Å². The molecule has 0 atom stereocenters. The maximum atomic E-state index is 12.3. The molecule has 86 valence electrons.